The van der Waals surface area contributed by atoms with E-state index in [9.17, 15) is 9.90 Å². The molecular weight excluding hydrogens is 390 g/mol. The average molecular weight is 415 g/mol. The highest BCUT2D eigenvalue weighted by Gasteiger charge is 2.24. The van der Waals surface area contributed by atoms with Crippen LogP contribution in [0, 0.1) is 0 Å². The van der Waals surface area contributed by atoms with Crippen molar-refractivity contribution in [2.24, 2.45) is 0 Å². The molecule has 0 aromatic carbocycles. The van der Waals surface area contributed by atoms with Gasteiger partial charge in [0.2, 0.25) is 0 Å². The number of rotatable bonds is 4. The summed E-state index contributed by atoms with van der Waals surface area (Å²) in [7, 11) is 1.68. The smallest absolute Gasteiger partial charge is 0.185 e. The Balaban J connectivity index is 1.82. The molecule has 0 fully saturated rings. The van der Waals surface area contributed by atoms with Gasteiger partial charge in [-0.2, -0.15) is 0 Å². The maximum atomic E-state index is 13.3. The van der Waals surface area contributed by atoms with Crippen molar-refractivity contribution in [3.05, 3.63) is 70.8 Å². The van der Waals surface area contributed by atoms with E-state index >= 15 is 0 Å². The van der Waals surface area contributed by atoms with Crippen LogP contribution in [0.2, 0.25) is 0 Å². The number of aliphatic hydroxyl groups is 1. The lowest BCUT2D eigenvalue weighted by Gasteiger charge is -2.12. The van der Waals surface area contributed by atoms with E-state index in [1.807, 2.05) is 36.4 Å². The lowest BCUT2D eigenvalue weighted by atomic mass is 10.0. The zero-order valence-electron chi connectivity index (χ0n) is 17.4. The van der Waals surface area contributed by atoms with E-state index in [2.05, 4.69) is 21.4 Å². The number of hydrogen-bond acceptors (Lipinski definition) is 5. The first-order valence-electron chi connectivity index (χ1n) is 10.6. The minimum atomic E-state index is -0.676. The number of aromatic nitrogens is 4. The molecule has 7 nitrogen and oxygen atoms in total. The van der Waals surface area contributed by atoms with Crippen LogP contribution in [0.15, 0.2) is 42.5 Å². The number of carbonyl (C=O) groups is 1. The summed E-state index contributed by atoms with van der Waals surface area (Å²) in [5.41, 5.74) is 7.88. The molecule has 1 atom stereocenters. The van der Waals surface area contributed by atoms with Crippen molar-refractivity contribution < 1.29 is 9.90 Å². The fourth-order valence-electron chi connectivity index (χ4n) is 4.27. The fraction of sp³-hybridized carbons (Fsp3) is 0.292. The summed E-state index contributed by atoms with van der Waals surface area (Å²) >= 11 is 0. The number of aryl methyl sites for hydroxylation is 4. The second kappa shape index (κ2) is 8.09. The Morgan fingerprint density at radius 3 is 2.16 bits per heavy atom. The third-order valence-electron chi connectivity index (χ3n) is 5.88. The summed E-state index contributed by atoms with van der Waals surface area (Å²) in [6.07, 6.45) is 3.22. The van der Waals surface area contributed by atoms with Crippen LogP contribution >= 0.6 is 0 Å². The Hall–Kier alpha value is -3.29. The normalized spacial score (nSPS) is 14.5. The number of hydrogen-bond donors (Lipinski definition) is 4. The molecule has 7 heteroatoms. The maximum absolute atomic E-state index is 13.3. The summed E-state index contributed by atoms with van der Waals surface area (Å²) in [5.74, 6) is -0.162. The first-order valence-corrected chi connectivity index (χ1v) is 10.6. The van der Waals surface area contributed by atoms with Gasteiger partial charge in [0.1, 0.15) is 0 Å². The first kappa shape index (κ1) is 19.7. The van der Waals surface area contributed by atoms with Gasteiger partial charge in [-0.15, -0.1) is 0 Å². The molecule has 2 aliphatic heterocycles. The van der Waals surface area contributed by atoms with Crippen molar-refractivity contribution in [3.63, 3.8) is 0 Å². The number of carbonyl (C=O) groups excluding carboxylic acids is 1. The number of H-pyrrole nitrogens is 2. The van der Waals surface area contributed by atoms with Crippen LogP contribution in [-0.4, -0.2) is 50.5 Å². The molecule has 0 saturated heterocycles. The monoisotopic (exact) mass is 415 g/mol. The molecule has 8 bridgehead atoms. The molecular formula is C24H25N5O2. The Morgan fingerprint density at radius 1 is 0.935 bits per heavy atom. The molecule has 158 valence electrons. The van der Waals surface area contributed by atoms with Crippen molar-refractivity contribution in [2.45, 2.75) is 31.7 Å². The Kier molecular flexibility index (Phi) is 5.13. The highest BCUT2D eigenvalue weighted by atomic mass is 16.3. The molecule has 4 N–H and O–H groups in total. The van der Waals surface area contributed by atoms with Gasteiger partial charge in [0.25, 0.3) is 0 Å². The van der Waals surface area contributed by atoms with Crippen LogP contribution < -0.4 is 5.32 Å². The van der Waals surface area contributed by atoms with Crippen molar-refractivity contribution in [1.82, 2.24) is 25.3 Å². The summed E-state index contributed by atoms with van der Waals surface area (Å²) < 4.78 is 0. The second-order valence-electron chi connectivity index (χ2n) is 8.04. The molecule has 0 spiro atoms. The second-order valence-corrected chi connectivity index (χ2v) is 8.04. The Bertz CT molecular complexity index is 1300. The van der Waals surface area contributed by atoms with Crippen molar-refractivity contribution in [3.8, 4) is 0 Å². The zero-order chi connectivity index (χ0) is 21.4. The largest absolute Gasteiger partial charge is 0.394 e. The SMILES string of the molecule is CN[C@@H](CO)C(=O)c1c2nc(cc3ccc(cc4nc(cc5ccc1[nH]5)CC4)[nH]3)CC2. The summed E-state index contributed by atoms with van der Waals surface area (Å²) in [5, 5.41) is 12.6. The zero-order valence-corrected chi connectivity index (χ0v) is 17.4. The van der Waals surface area contributed by atoms with E-state index in [4.69, 9.17) is 9.97 Å². The van der Waals surface area contributed by atoms with Crippen LogP contribution in [0.5, 0.6) is 0 Å². The standard InChI is InChI=1S/C24H25N5O2/c1-25-22(13-30)24(31)23-20-8-6-18(28-20)11-16-4-2-14(26-16)10-15-3-5-17(27-15)12-19-7-9-21(23)29-19/h2,4,7,9-12,22,25-26,29-30H,3,5-6,8,13H2,1H3/t22-/m0/s1. The van der Waals surface area contributed by atoms with Crippen molar-refractivity contribution in [2.75, 3.05) is 13.7 Å². The predicted octanol–water partition coefficient (Wildman–Crippen LogP) is 2.65. The molecule has 2 aliphatic rings. The van der Waals surface area contributed by atoms with Crippen molar-refractivity contribution >= 4 is 27.9 Å². The maximum Gasteiger partial charge on any atom is 0.185 e. The summed E-state index contributed by atoms with van der Waals surface area (Å²) in [6.45, 7) is -0.272. The number of aromatic amines is 2. The fourth-order valence-corrected chi connectivity index (χ4v) is 4.27. The number of nitrogens with zero attached hydrogens (tertiary/aromatic N) is 2. The first-order chi connectivity index (χ1) is 15.1. The van der Waals surface area contributed by atoms with Gasteiger partial charge in [0.15, 0.2) is 5.78 Å². The van der Waals surface area contributed by atoms with Gasteiger partial charge in [0.05, 0.1) is 29.4 Å². The van der Waals surface area contributed by atoms with Gasteiger partial charge in [-0.1, -0.05) is 0 Å². The van der Waals surface area contributed by atoms with Gasteiger partial charge in [-0.05, 0) is 75.2 Å². The van der Waals surface area contributed by atoms with Gasteiger partial charge >= 0.3 is 0 Å². The summed E-state index contributed by atoms with van der Waals surface area (Å²) in [6, 6.07) is 13.4. The van der Waals surface area contributed by atoms with E-state index in [-0.39, 0.29) is 12.4 Å². The highest BCUT2D eigenvalue weighted by molar-refractivity contribution is 6.06. The summed E-state index contributed by atoms with van der Waals surface area (Å²) in [4.78, 5) is 29.6. The van der Waals surface area contributed by atoms with Crippen LogP contribution in [0.3, 0.4) is 0 Å². The quantitative estimate of drug-likeness (QED) is 0.490. The Labute approximate surface area is 179 Å². The third-order valence-corrected chi connectivity index (χ3v) is 5.88. The molecule has 0 amide bonds. The van der Waals surface area contributed by atoms with Gasteiger partial charge in [-0.25, -0.2) is 0 Å². The number of ketones is 1. The molecule has 3 aromatic rings. The predicted molar refractivity (Wildman–Crippen MR) is 120 cm³/mol. The van der Waals surface area contributed by atoms with E-state index in [1.165, 1.54) is 0 Å². The van der Waals surface area contributed by atoms with E-state index < -0.39 is 6.04 Å². The van der Waals surface area contributed by atoms with E-state index in [0.29, 0.717) is 17.5 Å². The highest BCUT2D eigenvalue weighted by Crippen LogP contribution is 2.22. The Morgan fingerprint density at radius 2 is 1.52 bits per heavy atom. The minimum Gasteiger partial charge on any atom is -0.394 e. The molecule has 0 unspecified atom stereocenters. The molecule has 0 aliphatic carbocycles. The van der Waals surface area contributed by atoms with Gasteiger partial charge in [0, 0.05) is 33.6 Å². The molecule has 31 heavy (non-hydrogen) atoms. The number of likely N-dealkylation sites (N-methyl/N-ethyl adjacent to an activating group) is 1. The van der Waals surface area contributed by atoms with E-state index in [0.717, 1.165) is 58.6 Å². The molecule has 5 rings (SSSR count). The number of nitrogens with one attached hydrogen (secondary N) is 3. The molecule has 0 radical (unpaired) electrons. The average Bonchev–Trinajstić information content (AvgIpc) is 3.54. The van der Waals surface area contributed by atoms with E-state index in [1.54, 1.807) is 7.05 Å². The van der Waals surface area contributed by atoms with Crippen LogP contribution in [0.4, 0.5) is 0 Å². The molecule has 3 aromatic heterocycles. The van der Waals surface area contributed by atoms with Crippen LogP contribution in [-0.2, 0) is 25.7 Å². The number of aliphatic hydroxyl groups excluding tert-OH is 1. The molecule has 0 saturated carbocycles. The molecule has 5 heterocycles. The topological polar surface area (TPSA) is 107 Å². The minimum absolute atomic E-state index is 0.162. The van der Waals surface area contributed by atoms with Gasteiger partial charge in [-0.3, -0.25) is 14.8 Å². The van der Waals surface area contributed by atoms with Crippen LogP contribution in [0.25, 0.3) is 22.1 Å². The van der Waals surface area contributed by atoms with Crippen LogP contribution in [0.1, 0.15) is 33.1 Å². The third kappa shape index (κ3) is 3.89. The number of fused-ring (bicyclic) bond motifs is 8. The van der Waals surface area contributed by atoms with Crippen molar-refractivity contribution in [1.29, 1.82) is 0 Å². The lowest BCUT2D eigenvalue weighted by molar-refractivity contribution is 0.0904. The van der Waals surface area contributed by atoms with Gasteiger partial charge < -0.3 is 20.4 Å². The lowest BCUT2D eigenvalue weighted by Crippen LogP contribution is -2.37. The number of Topliss-reactive ketones (excluding diaryl/α,β-unsaturated/α-hetero) is 1.